The highest BCUT2D eigenvalue weighted by molar-refractivity contribution is 8.00. The molecule has 24 heavy (non-hydrogen) atoms. The third-order valence-corrected chi connectivity index (χ3v) is 5.42. The maximum absolute atomic E-state index is 13.0. The van der Waals surface area contributed by atoms with E-state index in [-0.39, 0.29) is 17.0 Å². The van der Waals surface area contributed by atoms with Crippen LogP contribution >= 0.6 is 11.8 Å². The van der Waals surface area contributed by atoms with E-state index in [1.807, 2.05) is 18.5 Å². The summed E-state index contributed by atoms with van der Waals surface area (Å²) in [6.07, 6.45) is 4.52. The van der Waals surface area contributed by atoms with E-state index >= 15 is 0 Å². The standard InChI is InChI=1S/C17H21FN4OS/c1-11(16(23)19-14-5-3-4-6-14)24-17-21-20-15(22(17)2)12-7-9-13(18)10-8-12/h7-11,14H,3-6H2,1-2H3,(H,19,23). The van der Waals surface area contributed by atoms with E-state index in [0.29, 0.717) is 17.0 Å². The molecule has 7 heteroatoms. The zero-order valence-electron chi connectivity index (χ0n) is 13.8. The lowest BCUT2D eigenvalue weighted by atomic mass is 10.2. The van der Waals surface area contributed by atoms with Crippen LogP contribution in [0.25, 0.3) is 11.4 Å². The summed E-state index contributed by atoms with van der Waals surface area (Å²) in [4.78, 5) is 12.3. The Labute approximate surface area is 145 Å². The lowest BCUT2D eigenvalue weighted by Gasteiger charge is -2.16. The molecule has 2 aromatic rings. The van der Waals surface area contributed by atoms with Crippen LogP contribution in [0, 0.1) is 5.82 Å². The van der Waals surface area contributed by atoms with Crippen molar-refractivity contribution in [3.05, 3.63) is 30.1 Å². The molecule has 0 aliphatic heterocycles. The number of nitrogens with one attached hydrogen (secondary N) is 1. The lowest BCUT2D eigenvalue weighted by Crippen LogP contribution is -2.37. The Balaban J connectivity index is 1.66. The fraction of sp³-hybridized carbons (Fsp3) is 0.471. The first-order valence-electron chi connectivity index (χ1n) is 8.17. The van der Waals surface area contributed by atoms with Gasteiger partial charge in [0.15, 0.2) is 11.0 Å². The summed E-state index contributed by atoms with van der Waals surface area (Å²) in [5.74, 6) is 0.409. The lowest BCUT2D eigenvalue weighted by molar-refractivity contribution is -0.120. The van der Waals surface area contributed by atoms with Gasteiger partial charge in [0.25, 0.3) is 0 Å². The summed E-state index contributed by atoms with van der Waals surface area (Å²) in [5.41, 5.74) is 0.793. The number of benzene rings is 1. The highest BCUT2D eigenvalue weighted by Crippen LogP contribution is 2.26. The van der Waals surface area contributed by atoms with E-state index in [4.69, 9.17) is 0 Å². The van der Waals surface area contributed by atoms with Crippen molar-refractivity contribution in [2.45, 2.75) is 49.1 Å². The fourth-order valence-electron chi connectivity index (χ4n) is 2.87. The molecular formula is C17H21FN4OS. The average molecular weight is 348 g/mol. The molecule has 1 aliphatic rings. The monoisotopic (exact) mass is 348 g/mol. The molecule has 1 N–H and O–H groups in total. The first-order valence-corrected chi connectivity index (χ1v) is 9.05. The van der Waals surface area contributed by atoms with Crippen molar-refractivity contribution in [1.29, 1.82) is 0 Å². The normalized spacial score (nSPS) is 16.3. The van der Waals surface area contributed by atoms with Gasteiger partial charge in [-0.1, -0.05) is 24.6 Å². The highest BCUT2D eigenvalue weighted by atomic mass is 32.2. The molecule has 1 aromatic heterocycles. The largest absolute Gasteiger partial charge is 0.352 e. The van der Waals surface area contributed by atoms with Gasteiger partial charge in [-0.2, -0.15) is 0 Å². The van der Waals surface area contributed by atoms with E-state index in [1.165, 1.54) is 36.7 Å². The van der Waals surface area contributed by atoms with E-state index in [9.17, 15) is 9.18 Å². The number of carbonyl (C=O) groups is 1. The number of hydrogen-bond donors (Lipinski definition) is 1. The van der Waals surface area contributed by atoms with Crippen molar-refractivity contribution < 1.29 is 9.18 Å². The molecule has 1 heterocycles. The van der Waals surface area contributed by atoms with E-state index in [2.05, 4.69) is 15.5 Å². The molecule has 1 aliphatic carbocycles. The van der Waals surface area contributed by atoms with Gasteiger partial charge < -0.3 is 9.88 Å². The number of halogens is 1. The molecule has 1 fully saturated rings. The molecule has 0 bridgehead atoms. The molecule has 1 saturated carbocycles. The van der Waals surface area contributed by atoms with Crippen LogP contribution in [0.3, 0.4) is 0 Å². The summed E-state index contributed by atoms with van der Waals surface area (Å²) in [6.45, 7) is 1.88. The number of rotatable bonds is 5. The van der Waals surface area contributed by atoms with Crippen LogP contribution in [-0.2, 0) is 11.8 Å². The van der Waals surface area contributed by atoms with Crippen LogP contribution in [0.5, 0.6) is 0 Å². The molecule has 0 saturated heterocycles. The van der Waals surface area contributed by atoms with Crippen molar-refractivity contribution >= 4 is 17.7 Å². The van der Waals surface area contributed by atoms with Crippen LogP contribution in [0.2, 0.25) is 0 Å². The third kappa shape index (κ3) is 3.77. The minimum Gasteiger partial charge on any atom is -0.352 e. The smallest absolute Gasteiger partial charge is 0.233 e. The summed E-state index contributed by atoms with van der Waals surface area (Å²) >= 11 is 1.38. The molecule has 0 spiro atoms. The Kier molecular flexibility index (Phi) is 5.18. The zero-order valence-corrected chi connectivity index (χ0v) is 14.6. The molecule has 3 rings (SSSR count). The minimum atomic E-state index is -0.285. The summed E-state index contributed by atoms with van der Waals surface area (Å²) < 4.78 is 14.9. The Bertz CT molecular complexity index is 710. The second-order valence-electron chi connectivity index (χ2n) is 6.12. The van der Waals surface area contributed by atoms with Crippen molar-refractivity contribution in [2.24, 2.45) is 7.05 Å². The maximum Gasteiger partial charge on any atom is 0.233 e. The van der Waals surface area contributed by atoms with Crippen LogP contribution < -0.4 is 5.32 Å². The molecule has 1 amide bonds. The number of aromatic nitrogens is 3. The van der Waals surface area contributed by atoms with E-state index in [1.54, 1.807) is 12.1 Å². The maximum atomic E-state index is 13.0. The Morgan fingerprint density at radius 1 is 1.29 bits per heavy atom. The van der Waals surface area contributed by atoms with Crippen LogP contribution in [0.1, 0.15) is 32.6 Å². The predicted octanol–water partition coefficient (Wildman–Crippen LogP) is 3.16. The predicted molar refractivity (Wildman–Crippen MR) is 92.1 cm³/mol. The molecule has 0 radical (unpaired) electrons. The first-order chi connectivity index (χ1) is 11.5. The summed E-state index contributed by atoms with van der Waals surface area (Å²) in [6, 6.07) is 6.45. The fourth-order valence-corrected chi connectivity index (χ4v) is 3.69. The second kappa shape index (κ2) is 7.34. The van der Waals surface area contributed by atoms with E-state index < -0.39 is 0 Å². The van der Waals surface area contributed by atoms with Crippen molar-refractivity contribution in [2.75, 3.05) is 0 Å². The summed E-state index contributed by atoms with van der Waals surface area (Å²) in [7, 11) is 1.85. The Morgan fingerprint density at radius 3 is 2.62 bits per heavy atom. The SMILES string of the molecule is CC(Sc1nnc(-c2ccc(F)cc2)n1C)C(=O)NC1CCCC1. The Morgan fingerprint density at radius 2 is 1.96 bits per heavy atom. The average Bonchev–Trinajstić information content (AvgIpc) is 3.19. The van der Waals surface area contributed by atoms with Crippen molar-refractivity contribution in [3.63, 3.8) is 0 Å². The molecule has 1 aromatic carbocycles. The van der Waals surface area contributed by atoms with Gasteiger partial charge in [-0.3, -0.25) is 4.79 Å². The number of carbonyl (C=O) groups excluding carboxylic acids is 1. The quantitative estimate of drug-likeness (QED) is 0.843. The van der Waals surface area contributed by atoms with Crippen LogP contribution in [-0.4, -0.2) is 32.0 Å². The molecule has 1 atom stereocenters. The van der Waals surface area contributed by atoms with Gasteiger partial charge >= 0.3 is 0 Å². The minimum absolute atomic E-state index is 0.0400. The van der Waals surface area contributed by atoms with Gasteiger partial charge in [-0.25, -0.2) is 4.39 Å². The highest BCUT2D eigenvalue weighted by Gasteiger charge is 2.23. The Hall–Kier alpha value is -1.89. The van der Waals surface area contributed by atoms with Crippen LogP contribution in [0.15, 0.2) is 29.4 Å². The van der Waals surface area contributed by atoms with Gasteiger partial charge in [-0.05, 0) is 44.0 Å². The molecule has 5 nitrogen and oxygen atoms in total. The first kappa shape index (κ1) is 17.0. The second-order valence-corrected chi connectivity index (χ2v) is 7.43. The van der Waals surface area contributed by atoms with Crippen molar-refractivity contribution in [1.82, 2.24) is 20.1 Å². The van der Waals surface area contributed by atoms with Gasteiger partial charge in [0.2, 0.25) is 5.91 Å². The third-order valence-electron chi connectivity index (χ3n) is 4.29. The van der Waals surface area contributed by atoms with Gasteiger partial charge in [0, 0.05) is 18.7 Å². The number of thioether (sulfide) groups is 1. The molecular weight excluding hydrogens is 327 g/mol. The van der Waals surface area contributed by atoms with Crippen molar-refractivity contribution in [3.8, 4) is 11.4 Å². The van der Waals surface area contributed by atoms with Gasteiger partial charge in [0.05, 0.1) is 5.25 Å². The van der Waals surface area contributed by atoms with E-state index in [0.717, 1.165) is 18.4 Å². The summed E-state index contributed by atoms with van der Waals surface area (Å²) in [5, 5.41) is 11.9. The number of hydrogen-bond acceptors (Lipinski definition) is 4. The van der Waals surface area contributed by atoms with Gasteiger partial charge in [-0.15, -0.1) is 10.2 Å². The van der Waals surface area contributed by atoms with Gasteiger partial charge in [0.1, 0.15) is 5.82 Å². The molecule has 1 unspecified atom stereocenters. The van der Waals surface area contributed by atoms with Crippen LogP contribution in [0.4, 0.5) is 4.39 Å². The molecule has 128 valence electrons. The topological polar surface area (TPSA) is 59.8 Å². The number of nitrogens with zero attached hydrogens (tertiary/aromatic N) is 3. The zero-order chi connectivity index (χ0) is 17.1. The number of amides is 1.